The Morgan fingerprint density at radius 3 is 1.88 bits per heavy atom. The fourth-order valence-electron chi connectivity index (χ4n) is 3.36. The zero-order valence-corrected chi connectivity index (χ0v) is 17.1. The predicted octanol–water partition coefficient (Wildman–Crippen LogP) is 7.51. The third-order valence-electron chi connectivity index (χ3n) is 4.81. The van der Waals surface area contributed by atoms with Crippen molar-refractivity contribution in [2.75, 3.05) is 0 Å². The zero-order valence-electron chi connectivity index (χ0n) is 13.9. The molecule has 1 nitrogen and oxygen atoms in total. The molecule has 1 N–H and O–H groups in total. The molecule has 0 aliphatic carbocycles. The molecule has 0 saturated carbocycles. The molecule has 0 spiro atoms. The number of aromatic hydroxyl groups is 1. The smallest absolute Gasteiger partial charge is 0.131 e. The fourth-order valence-corrected chi connectivity index (χ4v) is 4.08. The summed E-state index contributed by atoms with van der Waals surface area (Å²) in [6.07, 6.45) is 0. The monoisotopic (exact) mass is 454 g/mol. The highest BCUT2D eigenvalue weighted by atomic mass is 79.9. The van der Waals surface area contributed by atoms with Crippen LogP contribution in [0.4, 0.5) is 0 Å². The van der Waals surface area contributed by atoms with Crippen molar-refractivity contribution in [2.24, 2.45) is 0 Å². The summed E-state index contributed by atoms with van der Waals surface area (Å²) in [4.78, 5) is 0. The Balaban J connectivity index is 2.22. The van der Waals surface area contributed by atoms with Crippen molar-refractivity contribution in [1.29, 1.82) is 0 Å². The highest BCUT2D eigenvalue weighted by Gasteiger charge is 2.16. The topological polar surface area (TPSA) is 20.2 Å². The van der Waals surface area contributed by atoms with Gasteiger partial charge in [-0.05, 0) is 71.0 Å². The van der Waals surface area contributed by atoms with Gasteiger partial charge in [0.1, 0.15) is 5.75 Å². The van der Waals surface area contributed by atoms with Crippen molar-refractivity contribution >= 4 is 53.4 Å². The number of rotatable bonds is 1. The molecule has 0 bridgehead atoms. The van der Waals surface area contributed by atoms with Gasteiger partial charge in [0.2, 0.25) is 0 Å². The second-order valence-corrected chi connectivity index (χ2v) is 8.23. The average Bonchev–Trinajstić information content (AvgIpc) is 2.58. The molecule has 3 heteroatoms. The van der Waals surface area contributed by atoms with Gasteiger partial charge in [-0.15, -0.1) is 0 Å². The maximum atomic E-state index is 11.1. The highest BCUT2D eigenvalue weighted by Crippen LogP contribution is 2.45. The van der Waals surface area contributed by atoms with E-state index < -0.39 is 0 Å². The maximum absolute atomic E-state index is 11.1. The van der Waals surface area contributed by atoms with Crippen LogP contribution in [0.3, 0.4) is 0 Å². The third kappa shape index (κ3) is 2.76. The first kappa shape index (κ1) is 16.6. The molecule has 4 aromatic carbocycles. The quantitative estimate of drug-likeness (QED) is 0.294. The van der Waals surface area contributed by atoms with Gasteiger partial charge >= 0.3 is 0 Å². The van der Waals surface area contributed by atoms with E-state index in [-0.39, 0.29) is 0 Å². The molecule has 0 atom stereocenters. The van der Waals surface area contributed by atoms with E-state index in [9.17, 15) is 5.11 Å². The normalized spacial score (nSPS) is 11.4. The molecular weight excluding hydrogens is 440 g/mol. The highest BCUT2D eigenvalue weighted by molar-refractivity contribution is 9.10. The summed E-state index contributed by atoms with van der Waals surface area (Å²) in [7, 11) is 0. The minimum Gasteiger partial charge on any atom is -0.507 e. The molecule has 25 heavy (non-hydrogen) atoms. The molecule has 0 heterocycles. The van der Waals surface area contributed by atoms with Gasteiger partial charge in [0, 0.05) is 19.9 Å². The molecule has 124 valence electrons. The van der Waals surface area contributed by atoms with Gasteiger partial charge in [-0.1, -0.05) is 62.2 Å². The molecule has 0 aliphatic heterocycles. The van der Waals surface area contributed by atoms with Gasteiger partial charge in [-0.2, -0.15) is 0 Å². The Bertz CT molecular complexity index is 1150. The van der Waals surface area contributed by atoms with Crippen molar-refractivity contribution in [1.82, 2.24) is 0 Å². The minimum absolute atomic E-state index is 0.324. The van der Waals surface area contributed by atoms with E-state index in [1.54, 1.807) is 0 Å². The van der Waals surface area contributed by atoms with Gasteiger partial charge in [0.15, 0.2) is 0 Å². The van der Waals surface area contributed by atoms with Crippen molar-refractivity contribution in [2.45, 2.75) is 13.8 Å². The van der Waals surface area contributed by atoms with Crippen LogP contribution in [-0.2, 0) is 0 Å². The van der Waals surface area contributed by atoms with Crippen LogP contribution in [0.1, 0.15) is 11.1 Å². The van der Waals surface area contributed by atoms with Gasteiger partial charge < -0.3 is 5.11 Å². The van der Waals surface area contributed by atoms with Crippen LogP contribution in [0.15, 0.2) is 63.5 Å². The minimum atomic E-state index is 0.324. The molecule has 0 radical (unpaired) electrons. The molecule has 4 aromatic rings. The lowest BCUT2D eigenvalue weighted by Gasteiger charge is -2.15. The summed E-state index contributed by atoms with van der Waals surface area (Å²) in [6, 6.07) is 18.6. The second-order valence-electron chi connectivity index (χ2n) is 6.40. The van der Waals surface area contributed by atoms with Crippen LogP contribution in [0.2, 0.25) is 0 Å². The molecule has 4 rings (SSSR count). The number of phenols is 1. The Morgan fingerprint density at radius 1 is 0.640 bits per heavy atom. The lowest BCUT2D eigenvalue weighted by molar-refractivity contribution is 0.484. The van der Waals surface area contributed by atoms with Gasteiger partial charge in [-0.3, -0.25) is 0 Å². The van der Waals surface area contributed by atoms with E-state index >= 15 is 0 Å². The van der Waals surface area contributed by atoms with E-state index in [1.165, 1.54) is 11.1 Å². The van der Waals surface area contributed by atoms with Gasteiger partial charge in [0.05, 0.1) is 0 Å². The van der Waals surface area contributed by atoms with Crippen LogP contribution in [0.5, 0.6) is 5.75 Å². The van der Waals surface area contributed by atoms with Crippen molar-refractivity contribution < 1.29 is 5.11 Å². The Hall–Kier alpha value is -1.84. The second kappa shape index (κ2) is 6.15. The Kier molecular flexibility index (Phi) is 4.09. The number of hydrogen-bond acceptors (Lipinski definition) is 1. The van der Waals surface area contributed by atoms with Crippen LogP contribution in [-0.4, -0.2) is 5.11 Å². The lowest BCUT2D eigenvalue weighted by Crippen LogP contribution is -1.89. The molecule has 0 aromatic heterocycles. The van der Waals surface area contributed by atoms with Crippen molar-refractivity contribution in [3.63, 3.8) is 0 Å². The van der Waals surface area contributed by atoms with E-state index in [0.717, 1.165) is 41.6 Å². The summed E-state index contributed by atoms with van der Waals surface area (Å²) in [6.45, 7) is 4.21. The molecule has 0 aliphatic rings. The summed E-state index contributed by atoms with van der Waals surface area (Å²) < 4.78 is 1.96. The molecule has 0 amide bonds. The van der Waals surface area contributed by atoms with Gasteiger partial charge in [-0.25, -0.2) is 0 Å². The first-order chi connectivity index (χ1) is 12.0. The SMILES string of the molecule is Cc1ccc(-c2c(O)c3cc(Br)ccc3c3ccc(Br)cc23)cc1C. The predicted molar refractivity (Wildman–Crippen MR) is 113 cm³/mol. The summed E-state index contributed by atoms with van der Waals surface area (Å²) in [5, 5.41) is 15.2. The van der Waals surface area contributed by atoms with Gasteiger partial charge in [0.25, 0.3) is 0 Å². The first-order valence-electron chi connectivity index (χ1n) is 8.07. The number of aryl methyl sites for hydroxylation is 2. The standard InChI is InChI=1S/C22H16Br2O/c1-12-3-4-14(9-13(12)2)21-19-10-15(23)5-7-17(19)18-8-6-16(24)11-20(18)22(21)25/h3-11,25H,1-2H3. The van der Waals surface area contributed by atoms with Crippen LogP contribution < -0.4 is 0 Å². The summed E-state index contributed by atoms with van der Waals surface area (Å²) in [5.41, 5.74) is 4.38. The first-order valence-corrected chi connectivity index (χ1v) is 9.65. The molecule has 0 saturated heterocycles. The number of halogens is 2. The number of hydrogen-bond donors (Lipinski definition) is 1. The van der Waals surface area contributed by atoms with Crippen LogP contribution >= 0.6 is 31.9 Å². The number of benzene rings is 4. The molecule has 0 unspecified atom stereocenters. The zero-order chi connectivity index (χ0) is 17.7. The van der Waals surface area contributed by atoms with E-state index in [4.69, 9.17) is 0 Å². The molecular formula is C22H16Br2O. The summed E-state index contributed by atoms with van der Waals surface area (Å²) in [5.74, 6) is 0.324. The van der Waals surface area contributed by atoms with Crippen molar-refractivity contribution in [3.8, 4) is 16.9 Å². The third-order valence-corrected chi connectivity index (χ3v) is 5.80. The van der Waals surface area contributed by atoms with E-state index in [0.29, 0.717) is 5.75 Å². The van der Waals surface area contributed by atoms with Crippen LogP contribution in [0, 0.1) is 13.8 Å². The van der Waals surface area contributed by atoms with E-state index in [1.807, 2.05) is 18.2 Å². The lowest BCUT2D eigenvalue weighted by atomic mass is 9.91. The maximum Gasteiger partial charge on any atom is 0.131 e. The summed E-state index contributed by atoms with van der Waals surface area (Å²) >= 11 is 7.10. The Morgan fingerprint density at radius 2 is 1.24 bits per heavy atom. The molecule has 0 fully saturated rings. The van der Waals surface area contributed by atoms with E-state index in [2.05, 4.69) is 82.1 Å². The Labute approximate surface area is 163 Å². The average molecular weight is 456 g/mol. The fraction of sp³-hybridized carbons (Fsp3) is 0.0909. The number of fused-ring (bicyclic) bond motifs is 3. The number of phenolic OH excluding ortho intramolecular Hbond substituents is 1. The van der Waals surface area contributed by atoms with Crippen molar-refractivity contribution in [3.05, 3.63) is 74.7 Å². The largest absolute Gasteiger partial charge is 0.507 e. The van der Waals surface area contributed by atoms with Crippen LogP contribution in [0.25, 0.3) is 32.7 Å².